The van der Waals surface area contributed by atoms with Crippen LogP contribution in [0.5, 0.6) is 0 Å². The second-order valence-electron chi connectivity index (χ2n) is 3.35. The Labute approximate surface area is 103 Å². The maximum Gasteiger partial charge on any atom is 0.291 e. The standard InChI is InChI=1S/C9H15F2N5S/c1-4-5(2)13-8-14-7(12-3)15-9(16-8)17-6(10)11/h5-6H,4H2,1-3H3,(H2,12,13,14,15,16). The lowest BCUT2D eigenvalue weighted by molar-refractivity contribution is 0.251. The molecule has 1 heterocycles. The first-order valence-corrected chi connectivity index (χ1v) is 6.08. The Morgan fingerprint density at radius 3 is 2.41 bits per heavy atom. The molecule has 0 aliphatic rings. The predicted octanol–water partition coefficient (Wildman–Crippen LogP) is 2.44. The van der Waals surface area contributed by atoms with Gasteiger partial charge in [-0.15, -0.1) is 0 Å². The van der Waals surface area contributed by atoms with Crippen molar-refractivity contribution in [1.29, 1.82) is 0 Å². The summed E-state index contributed by atoms with van der Waals surface area (Å²) in [6, 6.07) is 0.173. The average Bonchev–Trinajstić information content (AvgIpc) is 2.27. The number of aromatic nitrogens is 3. The Morgan fingerprint density at radius 2 is 1.88 bits per heavy atom. The van der Waals surface area contributed by atoms with Crippen LogP contribution in [0, 0.1) is 0 Å². The summed E-state index contributed by atoms with van der Waals surface area (Å²) in [5.74, 6) is -1.96. The number of thioether (sulfide) groups is 1. The summed E-state index contributed by atoms with van der Waals surface area (Å²) in [7, 11) is 1.62. The van der Waals surface area contributed by atoms with Gasteiger partial charge in [-0.05, 0) is 25.1 Å². The van der Waals surface area contributed by atoms with Crippen LogP contribution in [0.25, 0.3) is 0 Å². The zero-order chi connectivity index (χ0) is 12.8. The Morgan fingerprint density at radius 1 is 1.24 bits per heavy atom. The Bertz CT molecular complexity index is 363. The second kappa shape index (κ2) is 6.53. The molecule has 1 atom stereocenters. The van der Waals surface area contributed by atoms with Crippen molar-refractivity contribution in [2.24, 2.45) is 0 Å². The van der Waals surface area contributed by atoms with Crippen LogP contribution in [-0.4, -0.2) is 33.8 Å². The molecule has 1 rings (SSSR count). The minimum Gasteiger partial charge on any atom is -0.357 e. The van der Waals surface area contributed by atoms with E-state index >= 15 is 0 Å². The van der Waals surface area contributed by atoms with E-state index in [-0.39, 0.29) is 17.1 Å². The smallest absolute Gasteiger partial charge is 0.291 e. The highest BCUT2D eigenvalue weighted by atomic mass is 32.2. The molecule has 1 aromatic rings. The van der Waals surface area contributed by atoms with Crippen molar-refractivity contribution in [2.75, 3.05) is 17.7 Å². The lowest BCUT2D eigenvalue weighted by atomic mass is 10.3. The van der Waals surface area contributed by atoms with Gasteiger partial charge in [0.2, 0.25) is 11.9 Å². The van der Waals surface area contributed by atoms with Gasteiger partial charge in [0.05, 0.1) is 0 Å². The summed E-state index contributed by atoms with van der Waals surface area (Å²) in [4.78, 5) is 11.8. The molecule has 17 heavy (non-hydrogen) atoms. The Balaban J connectivity index is 2.88. The van der Waals surface area contributed by atoms with E-state index in [0.717, 1.165) is 6.42 Å². The number of hydrogen-bond acceptors (Lipinski definition) is 6. The first kappa shape index (κ1) is 13.9. The summed E-state index contributed by atoms with van der Waals surface area (Å²) < 4.78 is 24.5. The molecular formula is C9H15F2N5S. The highest BCUT2D eigenvalue weighted by Crippen LogP contribution is 2.23. The van der Waals surface area contributed by atoms with Crippen LogP contribution in [0.2, 0.25) is 0 Å². The summed E-state index contributed by atoms with van der Waals surface area (Å²) >= 11 is 0.301. The van der Waals surface area contributed by atoms with E-state index < -0.39 is 5.76 Å². The fourth-order valence-corrected chi connectivity index (χ4v) is 1.43. The van der Waals surface area contributed by atoms with E-state index in [1.165, 1.54) is 0 Å². The van der Waals surface area contributed by atoms with E-state index in [2.05, 4.69) is 25.6 Å². The fourth-order valence-electron chi connectivity index (χ4n) is 0.988. The third kappa shape index (κ3) is 4.68. The Hall–Kier alpha value is -1.18. The molecule has 1 aromatic heterocycles. The predicted molar refractivity (Wildman–Crippen MR) is 64.6 cm³/mol. The maximum absolute atomic E-state index is 12.2. The molecule has 0 aliphatic carbocycles. The third-order valence-corrected chi connectivity index (χ3v) is 2.59. The number of alkyl halides is 2. The third-order valence-electron chi connectivity index (χ3n) is 2.02. The zero-order valence-electron chi connectivity index (χ0n) is 9.87. The van der Waals surface area contributed by atoms with Crippen LogP contribution in [0.15, 0.2) is 5.16 Å². The number of nitrogens with zero attached hydrogens (tertiary/aromatic N) is 3. The number of rotatable bonds is 6. The van der Waals surface area contributed by atoms with Crippen molar-refractivity contribution in [2.45, 2.75) is 37.2 Å². The molecule has 0 spiro atoms. The van der Waals surface area contributed by atoms with Gasteiger partial charge in [-0.1, -0.05) is 6.92 Å². The van der Waals surface area contributed by atoms with Gasteiger partial charge in [0.15, 0.2) is 5.16 Å². The van der Waals surface area contributed by atoms with Gasteiger partial charge in [0.1, 0.15) is 0 Å². The van der Waals surface area contributed by atoms with Crippen LogP contribution in [0.3, 0.4) is 0 Å². The first-order valence-electron chi connectivity index (χ1n) is 5.20. The molecule has 1 unspecified atom stereocenters. The van der Waals surface area contributed by atoms with E-state index in [9.17, 15) is 8.78 Å². The number of halogens is 2. The summed E-state index contributed by atoms with van der Waals surface area (Å²) in [6.07, 6.45) is 0.887. The minimum atomic E-state index is -2.54. The summed E-state index contributed by atoms with van der Waals surface area (Å²) in [5, 5.41) is 5.74. The lowest BCUT2D eigenvalue weighted by Gasteiger charge is -2.12. The minimum absolute atomic E-state index is 0.00477. The van der Waals surface area contributed by atoms with Gasteiger partial charge < -0.3 is 10.6 Å². The number of anilines is 2. The van der Waals surface area contributed by atoms with E-state index in [0.29, 0.717) is 17.7 Å². The maximum atomic E-state index is 12.2. The zero-order valence-corrected chi connectivity index (χ0v) is 10.7. The molecule has 96 valence electrons. The topological polar surface area (TPSA) is 62.7 Å². The molecule has 5 nitrogen and oxygen atoms in total. The van der Waals surface area contributed by atoms with Crippen molar-refractivity contribution < 1.29 is 8.78 Å². The highest BCUT2D eigenvalue weighted by molar-refractivity contribution is 7.99. The van der Waals surface area contributed by atoms with Crippen LogP contribution < -0.4 is 10.6 Å². The van der Waals surface area contributed by atoms with Crippen molar-refractivity contribution in [3.8, 4) is 0 Å². The van der Waals surface area contributed by atoms with Crippen LogP contribution >= 0.6 is 11.8 Å². The van der Waals surface area contributed by atoms with Gasteiger partial charge in [0.25, 0.3) is 5.76 Å². The number of hydrogen-bond donors (Lipinski definition) is 2. The summed E-state index contributed by atoms with van der Waals surface area (Å²) in [5.41, 5.74) is 0. The monoisotopic (exact) mass is 263 g/mol. The molecule has 0 bridgehead atoms. The summed E-state index contributed by atoms with van der Waals surface area (Å²) in [6.45, 7) is 3.97. The number of nitrogens with one attached hydrogen (secondary N) is 2. The first-order chi connectivity index (χ1) is 8.05. The Kier molecular flexibility index (Phi) is 5.33. The van der Waals surface area contributed by atoms with Gasteiger partial charge in [0, 0.05) is 13.1 Å². The molecular weight excluding hydrogens is 248 g/mol. The van der Waals surface area contributed by atoms with E-state index in [1.54, 1.807) is 7.05 Å². The molecule has 0 saturated heterocycles. The SMILES string of the molecule is CCC(C)Nc1nc(NC)nc(SC(F)F)n1. The largest absolute Gasteiger partial charge is 0.357 e. The normalized spacial score (nSPS) is 12.6. The lowest BCUT2D eigenvalue weighted by Crippen LogP contribution is -2.17. The van der Waals surface area contributed by atoms with Crippen LogP contribution in [0.1, 0.15) is 20.3 Å². The van der Waals surface area contributed by atoms with Crippen molar-refractivity contribution in [1.82, 2.24) is 15.0 Å². The van der Waals surface area contributed by atoms with Gasteiger partial charge in [-0.3, -0.25) is 0 Å². The molecule has 0 aliphatic heterocycles. The van der Waals surface area contributed by atoms with Gasteiger partial charge >= 0.3 is 0 Å². The quantitative estimate of drug-likeness (QED) is 0.769. The van der Waals surface area contributed by atoms with Crippen LogP contribution in [-0.2, 0) is 0 Å². The molecule has 8 heteroatoms. The fraction of sp³-hybridized carbons (Fsp3) is 0.667. The molecule has 0 aromatic carbocycles. The molecule has 0 radical (unpaired) electrons. The van der Waals surface area contributed by atoms with Gasteiger partial charge in [-0.2, -0.15) is 23.7 Å². The van der Waals surface area contributed by atoms with E-state index in [4.69, 9.17) is 0 Å². The second-order valence-corrected chi connectivity index (χ2v) is 4.30. The molecule has 0 saturated carbocycles. The molecule has 0 fully saturated rings. The molecule has 0 amide bonds. The van der Waals surface area contributed by atoms with Crippen molar-refractivity contribution in [3.63, 3.8) is 0 Å². The van der Waals surface area contributed by atoms with E-state index in [1.807, 2.05) is 13.8 Å². The van der Waals surface area contributed by atoms with Gasteiger partial charge in [-0.25, -0.2) is 0 Å². The van der Waals surface area contributed by atoms with Crippen LogP contribution in [0.4, 0.5) is 20.7 Å². The van der Waals surface area contributed by atoms with Crippen molar-refractivity contribution >= 4 is 23.7 Å². The van der Waals surface area contributed by atoms with Crippen molar-refractivity contribution in [3.05, 3.63) is 0 Å². The average molecular weight is 263 g/mol. The highest BCUT2D eigenvalue weighted by Gasteiger charge is 2.12. The molecule has 2 N–H and O–H groups in total.